The van der Waals surface area contributed by atoms with Gasteiger partial charge >= 0.3 is 5.97 Å². The molecule has 204 valence electrons. The molecule has 0 spiro atoms. The van der Waals surface area contributed by atoms with Crippen molar-refractivity contribution in [1.82, 2.24) is 5.32 Å². The monoisotopic (exact) mass is 550 g/mol. The Morgan fingerprint density at radius 3 is 2.29 bits per heavy atom. The summed E-state index contributed by atoms with van der Waals surface area (Å²) in [6, 6.07) is 14.6. The van der Waals surface area contributed by atoms with Crippen LogP contribution in [-0.4, -0.2) is 38.1 Å². The van der Waals surface area contributed by atoms with E-state index in [4.69, 9.17) is 4.74 Å². The van der Waals surface area contributed by atoms with E-state index in [1.807, 2.05) is 0 Å². The molecular weight excluding hydrogens is 528 g/mol. The molecule has 0 saturated carbocycles. The number of ketones is 1. The van der Waals surface area contributed by atoms with Crippen molar-refractivity contribution in [3.63, 3.8) is 0 Å². The van der Waals surface area contributed by atoms with Crippen LogP contribution in [0.15, 0.2) is 103 Å². The molecule has 5 rings (SSSR count). The molecular formula is C31H22N2O8. The first kappa shape index (κ1) is 26.6. The van der Waals surface area contributed by atoms with Crippen LogP contribution in [0.25, 0.3) is 10.8 Å². The van der Waals surface area contributed by atoms with Crippen LogP contribution in [0, 0.1) is 0 Å². The summed E-state index contributed by atoms with van der Waals surface area (Å²) in [7, 11) is 0. The van der Waals surface area contributed by atoms with Crippen molar-refractivity contribution in [2.75, 3.05) is 5.32 Å². The number of allylic oxidation sites excluding steroid dienone is 4. The summed E-state index contributed by atoms with van der Waals surface area (Å²) < 4.78 is 5.39. The Hall–Kier alpha value is -6.03. The number of esters is 1. The number of phenols is 4. The van der Waals surface area contributed by atoms with Gasteiger partial charge in [-0.1, -0.05) is 24.3 Å². The van der Waals surface area contributed by atoms with Gasteiger partial charge in [-0.05, 0) is 66.7 Å². The summed E-state index contributed by atoms with van der Waals surface area (Å²) in [6.07, 6.45) is 8.19. The van der Waals surface area contributed by atoms with Crippen molar-refractivity contribution >= 4 is 34.1 Å². The molecule has 0 saturated heterocycles. The number of carbonyl (C=O) groups excluding carboxylic acids is 3. The van der Waals surface area contributed by atoms with E-state index >= 15 is 0 Å². The van der Waals surface area contributed by atoms with Crippen LogP contribution < -0.4 is 10.6 Å². The lowest BCUT2D eigenvalue weighted by Crippen LogP contribution is -2.17. The number of nitrogens with one attached hydrogen (secondary N) is 2. The maximum atomic E-state index is 13.9. The number of fused-ring (bicyclic) bond motifs is 1. The molecule has 0 aromatic heterocycles. The normalized spacial score (nSPS) is 12.2. The fourth-order valence-electron chi connectivity index (χ4n) is 4.19. The van der Waals surface area contributed by atoms with Crippen LogP contribution in [0.3, 0.4) is 0 Å². The third-order valence-electron chi connectivity index (χ3n) is 6.21. The quantitative estimate of drug-likeness (QED) is 0.112. The van der Waals surface area contributed by atoms with Gasteiger partial charge in [-0.3, -0.25) is 9.59 Å². The molecule has 1 amide bonds. The van der Waals surface area contributed by atoms with Gasteiger partial charge in [0.25, 0.3) is 5.91 Å². The molecule has 1 heterocycles. The van der Waals surface area contributed by atoms with Crippen LogP contribution in [0.4, 0.5) is 5.69 Å². The van der Waals surface area contributed by atoms with Gasteiger partial charge in [-0.25, -0.2) is 4.79 Å². The highest BCUT2D eigenvalue weighted by Crippen LogP contribution is 2.41. The molecule has 0 atom stereocenters. The molecule has 1 aliphatic rings. The Balaban J connectivity index is 1.59. The molecule has 4 aromatic carbocycles. The van der Waals surface area contributed by atoms with Crippen molar-refractivity contribution in [3.05, 3.63) is 125 Å². The van der Waals surface area contributed by atoms with Gasteiger partial charge in [0.05, 0.1) is 16.8 Å². The predicted octanol–water partition coefficient (Wildman–Crippen LogP) is 4.82. The van der Waals surface area contributed by atoms with Gasteiger partial charge in [-0.15, -0.1) is 0 Å². The lowest BCUT2D eigenvalue weighted by molar-refractivity contribution is 0.0608. The molecule has 10 nitrogen and oxygen atoms in total. The van der Waals surface area contributed by atoms with Crippen molar-refractivity contribution < 1.29 is 39.5 Å². The number of ether oxygens (including phenoxy) is 1. The minimum atomic E-state index is -0.807. The minimum absolute atomic E-state index is 0.00917. The summed E-state index contributed by atoms with van der Waals surface area (Å²) in [5.74, 6) is -3.74. The molecule has 0 bridgehead atoms. The molecule has 0 fully saturated rings. The standard InChI is InChI=1S/C31H22N2O8/c34-19-11-8-17(9-12-19)30(39)33-23-15-18(31(40)41-26-7-2-1-3-14-32-26)10-13-21(23)28(37)27-20-5-4-6-24(35)22(20)16-25(36)29(27)38/h1-16,32,34-36,38H,(H,33,39). The minimum Gasteiger partial charge on any atom is -0.508 e. The van der Waals surface area contributed by atoms with Gasteiger partial charge in [0.1, 0.15) is 11.5 Å². The Morgan fingerprint density at radius 1 is 0.756 bits per heavy atom. The van der Waals surface area contributed by atoms with E-state index in [1.165, 1.54) is 66.7 Å². The molecule has 0 unspecified atom stereocenters. The van der Waals surface area contributed by atoms with Crippen LogP contribution in [0.1, 0.15) is 36.6 Å². The smallest absolute Gasteiger partial charge is 0.344 e. The molecule has 1 aliphatic heterocycles. The zero-order chi connectivity index (χ0) is 29.1. The zero-order valence-corrected chi connectivity index (χ0v) is 21.2. The van der Waals surface area contributed by atoms with Crippen LogP contribution in [0.2, 0.25) is 0 Å². The summed E-state index contributed by atoms with van der Waals surface area (Å²) >= 11 is 0. The summed E-state index contributed by atoms with van der Waals surface area (Å²) in [5.41, 5.74) is -0.406. The van der Waals surface area contributed by atoms with E-state index in [2.05, 4.69) is 10.6 Å². The van der Waals surface area contributed by atoms with Crippen molar-refractivity contribution in [1.29, 1.82) is 0 Å². The van der Waals surface area contributed by atoms with Gasteiger partial charge in [0.15, 0.2) is 17.3 Å². The Morgan fingerprint density at radius 2 is 1.51 bits per heavy atom. The summed E-state index contributed by atoms with van der Waals surface area (Å²) in [5, 5.41) is 46.5. The first-order chi connectivity index (χ1) is 19.7. The average Bonchev–Trinajstić information content (AvgIpc) is 3.23. The molecule has 0 radical (unpaired) electrons. The second kappa shape index (κ2) is 11.0. The number of hydrogen-bond acceptors (Lipinski definition) is 9. The number of benzene rings is 4. The molecule has 4 aromatic rings. The molecule has 41 heavy (non-hydrogen) atoms. The highest BCUT2D eigenvalue weighted by molar-refractivity contribution is 6.23. The molecule has 6 N–H and O–H groups in total. The van der Waals surface area contributed by atoms with Crippen molar-refractivity contribution in [3.8, 4) is 23.0 Å². The highest BCUT2D eigenvalue weighted by atomic mass is 16.5. The van der Waals surface area contributed by atoms with E-state index in [-0.39, 0.29) is 56.1 Å². The lowest BCUT2D eigenvalue weighted by Gasteiger charge is -2.15. The van der Waals surface area contributed by atoms with E-state index < -0.39 is 29.2 Å². The Kier molecular flexibility index (Phi) is 7.12. The maximum absolute atomic E-state index is 13.9. The summed E-state index contributed by atoms with van der Waals surface area (Å²) in [6.45, 7) is 0. The van der Waals surface area contributed by atoms with Crippen LogP contribution in [-0.2, 0) is 4.74 Å². The van der Waals surface area contributed by atoms with Gasteiger partial charge in [-0.2, -0.15) is 0 Å². The topological polar surface area (TPSA) is 165 Å². The maximum Gasteiger partial charge on any atom is 0.344 e. The molecule has 0 aliphatic carbocycles. The average molecular weight is 551 g/mol. The number of aromatic hydroxyl groups is 4. The Bertz CT molecular complexity index is 1800. The zero-order valence-electron chi connectivity index (χ0n) is 21.2. The predicted molar refractivity (Wildman–Crippen MR) is 150 cm³/mol. The largest absolute Gasteiger partial charge is 0.508 e. The summed E-state index contributed by atoms with van der Waals surface area (Å²) in [4.78, 5) is 39.9. The fraction of sp³-hybridized carbons (Fsp3) is 0. The van der Waals surface area contributed by atoms with E-state index in [9.17, 15) is 34.8 Å². The second-order valence-electron chi connectivity index (χ2n) is 8.89. The number of hydrogen-bond donors (Lipinski definition) is 6. The van der Waals surface area contributed by atoms with Crippen LogP contribution in [0.5, 0.6) is 23.0 Å². The van der Waals surface area contributed by atoms with Gasteiger partial charge in [0.2, 0.25) is 5.88 Å². The van der Waals surface area contributed by atoms with E-state index in [0.29, 0.717) is 0 Å². The van der Waals surface area contributed by atoms with E-state index in [0.717, 1.165) is 6.07 Å². The Labute approximate surface area is 232 Å². The number of carbonyl (C=O) groups is 3. The van der Waals surface area contributed by atoms with E-state index in [1.54, 1.807) is 24.4 Å². The lowest BCUT2D eigenvalue weighted by atomic mass is 9.93. The van der Waals surface area contributed by atoms with Gasteiger partial charge < -0.3 is 35.8 Å². The van der Waals surface area contributed by atoms with Crippen molar-refractivity contribution in [2.45, 2.75) is 0 Å². The first-order valence-electron chi connectivity index (χ1n) is 12.2. The third kappa shape index (κ3) is 5.43. The van der Waals surface area contributed by atoms with Crippen molar-refractivity contribution in [2.24, 2.45) is 0 Å². The van der Waals surface area contributed by atoms with Gasteiger partial charge in [0, 0.05) is 28.1 Å². The number of anilines is 1. The number of amides is 1. The second-order valence-corrected chi connectivity index (χ2v) is 8.89. The number of phenolic OH excluding ortho intramolecular Hbond substituents is 4. The highest BCUT2D eigenvalue weighted by Gasteiger charge is 2.25. The molecule has 10 heteroatoms. The number of rotatable bonds is 6. The third-order valence-corrected chi connectivity index (χ3v) is 6.21. The fourth-order valence-corrected chi connectivity index (χ4v) is 4.19. The SMILES string of the molecule is O=C(Nc1cc(C(=O)OC2=CC=CC=CN2)ccc1C(=O)c1c(O)c(O)cc2c(O)cccc12)c1ccc(O)cc1. The van der Waals surface area contributed by atoms with Crippen LogP contribution >= 0.6 is 0 Å². The first-order valence-corrected chi connectivity index (χ1v) is 12.2.